The van der Waals surface area contributed by atoms with Gasteiger partial charge in [-0.15, -0.1) is 26.3 Å². The Morgan fingerprint density at radius 2 is 1.66 bits per heavy atom. The van der Waals surface area contributed by atoms with E-state index >= 15 is 0 Å². The molecule has 362 valence electrons. The van der Waals surface area contributed by atoms with Gasteiger partial charge in [-0.05, 0) is 140 Å². The molecule has 2 heterocycles. The molecule has 1 aromatic rings. The fourth-order valence-electron chi connectivity index (χ4n) is 9.00. The summed E-state index contributed by atoms with van der Waals surface area (Å²) in [7, 11) is 6.36. The third kappa shape index (κ3) is 18.8. The highest BCUT2D eigenvalue weighted by molar-refractivity contribution is 5.81. The van der Waals surface area contributed by atoms with Crippen LogP contribution in [-0.2, 0) is 0 Å². The zero-order chi connectivity index (χ0) is 48.4. The molecule has 1 aliphatic carbocycles. The molecule has 1 saturated heterocycles. The van der Waals surface area contributed by atoms with E-state index in [-0.39, 0.29) is 17.8 Å². The van der Waals surface area contributed by atoms with Crippen LogP contribution in [0.4, 0.5) is 10.1 Å². The summed E-state index contributed by atoms with van der Waals surface area (Å²) >= 11 is 0. The highest BCUT2D eigenvalue weighted by atomic mass is 19.1. The molecule has 0 amide bonds. The van der Waals surface area contributed by atoms with Crippen molar-refractivity contribution < 1.29 is 4.39 Å². The number of nitrogens with one attached hydrogen (secondary N) is 4. The van der Waals surface area contributed by atoms with Gasteiger partial charge in [-0.3, -0.25) is 0 Å². The van der Waals surface area contributed by atoms with Crippen molar-refractivity contribution in [3.8, 4) is 0 Å². The van der Waals surface area contributed by atoms with Crippen molar-refractivity contribution in [2.24, 2.45) is 11.7 Å². The van der Waals surface area contributed by atoms with Crippen LogP contribution in [0.25, 0.3) is 11.8 Å². The monoisotopic (exact) mass is 895 g/mol. The van der Waals surface area contributed by atoms with Crippen molar-refractivity contribution in [3.05, 3.63) is 140 Å². The lowest BCUT2D eigenvalue weighted by Gasteiger charge is -2.33. The summed E-state index contributed by atoms with van der Waals surface area (Å²) in [5.41, 5.74) is 15.7. The van der Waals surface area contributed by atoms with E-state index in [4.69, 9.17) is 5.73 Å². The van der Waals surface area contributed by atoms with Crippen molar-refractivity contribution in [2.45, 2.75) is 116 Å². The molecule has 8 nitrogen and oxygen atoms in total. The minimum atomic E-state index is -0.543. The van der Waals surface area contributed by atoms with Crippen LogP contribution in [0.2, 0.25) is 0 Å². The summed E-state index contributed by atoms with van der Waals surface area (Å²) < 4.78 is 13.9. The highest BCUT2D eigenvalue weighted by Crippen LogP contribution is 2.36. The van der Waals surface area contributed by atoms with Crippen molar-refractivity contribution in [1.82, 2.24) is 30.7 Å². The molecule has 65 heavy (non-hydrogen) atoms. The van der Waals surface area contributed by atoms with Crippen LogP contribution in [0.5, 0.6) is 0 Å². The average Bonchev–Trinajstić information content (AvgIpc) is 3.58. The third-order valence-corrected chi connectivity index (χ3v) is 13.1. The summed E-state index contributed by atoms with van der Waals surface area (Å²) in [6.07, 6.45) is 23.5. The van der Waals surface area contributed by atoms with Gasteiger partial charge in [0.25, 0.3) is 0 Å². The summed E-state index contributed by atoms with van der Waals surface area (Å²) in [5.74, 6) is 0.0726. The molecule has 1 aromatic carbocycles. The number of allylic oxidation sites excluding steroid dienone is 6. The number of anilines is 1. The van der Waals surface area contributed by atoms with Gasteiger partial charge >= 0.3 is 0 Å². The Balaban J connectivity index is 0.000000431. The van der Waals surface area contributed by atoms with E-state index in [1.165, 1.54) is 43.2 Å². The second-order valence-corrected chi connectivity index (χ2v) is 18.2. The Labute approximate surface area is 397 Å². The molecular weight excluding hydrogens is 804 g/mol. The minimum absolute atomic E-state index is 0.138. The molecule has 0 radical (unpaired) electrons. The van der Waals surface area contributed by atoms with Crippen molar-refractivity contribution >= 4 is 17.5 Å². The Morgan fingerprint density at radius 1 is 0.985 bits per heavy atom. The number of likely N-dealkylation sites (N-methyl/N-ethyl adjacent to an activating group) is 1. The second kappa shape index (κ2) is 30.7. The molecular formula is C56H91FN8. The molecule has 4 atom stereocenters. The van der Waals surface area contributed by atoms with E-state index in [0.29, 0.717) is 12.5 Å². The Morgan fingerprint density at radius 3 is 2.32 bits per heavy atom. The van der Waals surface area contributed by atoms with E-state index < -0.39 is 5.54 Å². The quantitative estimate of drug-likeness (QED) is 0.0441. The van der Waals surface area contributed by atoms with Gasteiger partial charge < -0.3 is 41.7 Å². The van der Waals surface area contributed by atoms with Gasteiger partial charge in [-0.25, -0.2) is 4.39 Å². The van der Waals surface area contributed by atoms with Crippen LogP contribution in [0.15, 0.2) is 129 Å². The van der Waals surface area contributed by atoms with Gasteiger partial charge in [-0.1, -0.05) is 82.4 Å². The molecule has 0 spiro atoms. The highest BCUT2D eigenvalue weighted by Gasteiger charge is 2.32. The maximum absolute atomic E-state index is 13.9. The average molecular weight is 895 g/mol. The zero-order valence-corrected chi connectivity index (χ0v) is 42.1. The molecule has 4 rings (SSSR count). The van der Waals surface area contributed by atoms with Crippen molar-refractivity contribution in [3.63, 3.8) is 0 Å². The summed E-state index contributed by atoms with van der Waals surface area (Å²) in [6, 6.07) is 6.94. The first-order valence-electron chi connectivity index (χ1n) is 24.3. The van der Waals surface area contributed by atoms with Gasteiger partial charge in [0.1, 0.15) is 5.83 Å². The number of rotatable bonds is 27. The molecule has 0 saturated carbocycles. The molecule has 3 aliphatic rings. The van der Waals surface area contributed by atoms with Crippen LogP contribution in [0.1, 0.15) is 109 Å². The minimum Gasteiger partial charge on any atom is -0.385 e. The largest absolute Gasteiger partial charge is 0.385 e. The number of nitrogens with two attached hydrogens (primary N) is 1. The normalized spacial score (nSPS) is 20.4. The SMILES string of the molecule is C=C.C=C(NCCCN1CCN(C)CC1)C1=C(C)NC(/C=C(\C)C2=CC(F)=CCC2(C)N)C1C.C=CCCCCCCCNc1cccc(C=C)c1C(=C)N(C)C(CCC=C)CCNC. The Kier molecular flexibility index (Phi) is 26.8. The summed E-state index contributed by atoms with van der Waals surface area (Å²) in [5, 5.41) is 14.1. The van der Waals surface area contributed by atoms with Crippen LogP contribution in [0, 0.1) is 5.92 Å². The fourth-order valence-corrected chi connectivity index (χ4v) is 9.00. The number of piperazine rings is 1. The smallest absolute Gasteiger partial charge is 0.119 e. The van der Waals surface area contributed by atoms with Gasteiger partial charge in [0.2, 0.25) is 0 Å². The molecule has 0 aromatic heterocycles. The van der Waals surface area contributed by atoms with Crippen molar-refractivity contribution in [1.29, 1.82) is 0 Å². The topological polar surface area (TPSA) is 83.9 Å². The number of unbranched alkanes of at least 4 members (excludes halogenated alkanes) is 5. The number of hydrogen-bond acceptors (Lipinski definition) is 8. The molecule has 0 bridgehead atoms. The Bertz CT molecular complexity index is 1780. The van der Waals surface area contributed by atoms with Gasteiger partial charge in [0, 0.05) is 92.2 Å². The molecule has 2 aliphatic heterocycles. The Hall–Kier alpha value is -4.41. The molecule has 1 fully saturated rings. The van der Waals surface area contributed by atoms with E-state index in [0.717, 1.165) is 124 Å². The lowest BCUT2D eigenvalue weighted by molar-refractivity contribution is 0.153. The number of hydrogen-bond donors (Lipinski definition) is 5. The third-order valence-electron chi connectivity index (χ3n) is 13.1. The first kappa shape index (κ1) is 56.7. The molecule has 9 heteroatoms. The van der Waals surface area contributed by atoms with Crippen LogP contribution in [-0.4, -0.2) is 106 Å². The summed E-state index contributed by atoms with van der Waals surface area (Å²) in [6.45, 7) is 43.6. The van der Waals surface area contributed by atoms with E-state index in [9.17, 15) is 4.39 Å². The first-order chi connectivity index (χ1) is 31.2. The van der Waals surface area contributed by atoms with Gasteiger partial charge in [-0.2, -0.15) is 0 Å². The molecule has 6 N–H and O–H groups in total. The van der Waals surface area contributed by atoms with E-state index in [2.05, 4.69) is 134 Å². The lowest BCUT2D eigenvalue weighted by Crippen LogP contribution is -2.45. The first-order valence-corrected chi connectivity index (χ1v) is 24.3. The number of nitrogens with zero attached hydrogens (tertiary/aromatic N) is 3. The lowest BCUT2D eigenvalue weighted by atomic mass is 9.80. The van der Waals surface area contributed by atoms with Crippen LogP contribution < -0.4 is 27.0 Å². The maximum atomic E-state index is 13.9. The number of halogens is 1. The molecule has 4 unspecified atom stereocenters. The standard InChI is InChI=1S/C28H45N3.C26H42FN5.C2H4/c1-7-10-12-13-14-15-16-22-30-27-20-17-18-25(9-3)28(27)24(4)31(6)26(19-11-8-2)21-23-29-5;1-18(23-17-22(27)8-9-26(23,5)28)16-24-19(2)25(21(4)30-24)20(3)29-10-7-11-32-14-12-31(6)13-15-32;1-2/h7-9,17-18,20,26,29-30H,1-4,10-16,19,21-23H2,5-6H3;8,16-17,19,24,29-30H,3,7,9-15,28H2,1-2,4-6H3;1-2H2/b;18-16+;. The van der Waals surface area contributed by atoms with Crippen molar-refractivity contribution in [2.75, 3.05) is 78.8 Å². The zero-order valence-electron chi connectivity index (χ0n) is 42.1. The van der Waals surface area contributed by atoms with Crippen LogP contribution in [0.3, 0.4) is 0 Å². The van der Waals surface area contributed by atoms with Gasteiger partial charge in [0.15, 0.2) is 0 Å². The predicted octanol–water partition coefficient (Wildman–Crippen LogP) is 11.4. The predicted molar refractivity (Wildman–Crippen MR) is 285 cm³/mol. The second-order valence-electron chi connectivity index (χ2n) is 18.2. The van der Waals surface area contributed by atoms with Gasteiger partial charge in [0.05, 0.1) is 6.04 Å². The van der Waals surface area contributed by atoms with E-state index in [1.54, 1.807) is 12.2 Å². The van der Waals surface area contributed by atoms with Crippen LogP contribution >= 0.6 is 0 Å². The van der Waals surface area contributed by atoms with E-state index in [1.807, 2.05) is 39.1 Å². The fraction of sp³-hybridized carbons (Fsp3) is 0.536. The maximum Gasteiger partial charge on any atom is 0.119 e. The number of benzene rings is 1. The summed E-state index contributed by atoms with van der Waals surface area (Å²) in [4.78, 5) is 7.27.